The van der Waals surface area contributed by atoms with Gasteiger partial charge in [0.1, 0.15) is 5.75 Å². The van der Waals surface area contributed by atoms with Gasteiger partial charge in [0.25, 0.3) is 5.91 Å². The summed E-state index contributed by atoms with van der Waals surface area (Å²) >= 11 is 2.17. The molecule has 0 aliphatic carbocycles. The number of benzene rings is 2. The van der Waals surface area contributed by atoms with Gasteiger partial charge in [-0.15, -0.1) is 0 Å². The third kappa shape index (κ3) is 4.72. The fourth-order valence-corrected chi connectivity index (χ4v) is 3.00. The van der Waals surface area contributed by atoms with Crippen LogP contribution in [0.1, 0.15) is 11.3 Å². The van der Waals surface area contributed by atoms with Crippen LogP contribution < -0.4 is 10.2 Å². The van der Waals surface area contributed by atoms with Crippen LogP contribution in [0.3, 0.4) is 0 Å². The number of hydrogen-bond donors (Lipinski definition) is 1. The van der Waals surface area contributed by atoms with Gasteiger partial charge >= 0.3 is 0 Å². The minimum absolute atomic E-state index is 0.0819. The summed E-state index contributed by atoms with van der Waals surface area (Å²) in [4.78, 5) is 11.9. The molecule has 3 aromatic rings. The Hall–Kier alpha value is -2.61. The predicted octanol–water partition coefficient (Wildman–Crippen LogP) is 3.92. The molecule has 3 rings (SSSR count). The smallest absolute Gasteiger partial charge is 0.277 e. The summed E-state index contributed by atoms with van der Waals surface area (Å²) in [6.45, 7) is 1.94. The molecule has 1 aromatic heterocycles. The largest absolute Gasteiger partial charge is 0.483 e. The van der Waals surface area contributed by atoms with E-state index in [0.717, 1.165) is 20.5 Å². The molecular formula is C20H18IN3O2. The number of carbonyl (C=O) groups is 1. The number of halogens is 1. The lowest BCUT2D eigenvalue weighted by Crippen LogP contribution is -2.24. The fourth-order valence-electron chi connectivity index (χ4n) is 2.45. The highest BCUT2D eigenvalue weighted by Crippen LogP contribution is 2.19. The number of ether oxygens (including phenoxy) is 1. The quantitative estimate of drug-likeness (QED) is 0.345. The van der Waals surface area contributed by atoms with E-state index in [2.05, 4.69) is 37.7 Å². The van der Waals surface area contributed by atoms with Crippen molar-refractivity contribution in [1.29, 1.82) is 0 Å². The number of rotatable bonds is 6. The summed E-state index contributed by atoms with van der Waals surface area (Å²) in [5.41, 5.74) is 5.56. The molecule has 0 saturated heterocycles. The molecule has 2 aromatic carbocycles. The zero-order valence-corrected chi connectivity index (χ0v) is 16.4. The van der Waals surface area contributed by atoms with E-state index in [-0.39, 0.29) is 12.5 Å². The lowest BCUT2D eigenvalue weighted by Gasteiger charge is -2.06. The van der Waals surface area contributed by atoms with Gasteiger partial charge in [-0.2, -0.15) is 5.10 Å². The van der Waals surface area contributed by atoms with Crippen LogP contribution in [0, 0.1) is 10.5 Å². The van der Waals surface area contributed by atoms with Gasteiger partial charge in [-0.1, -0.05) is 30.3 Å². The topological polar surface area (TPSA) is 55.6 Å². The average molecular weight is 459 g/mol. The predicted molar refractivity (Wildman–Crippen MR) is 111 cm³/mol. The molecule has 0 aliphatic rings. The Labute approximate surface area is 165 Å². The van der Waals surface area contributed by atoms with Crippen LogP contribution in [-0.4, -0.2) is 23.3 Å². The maximum Gasteiger partial charge on any atom is 0.277 e. The number of nitrogens with one attached hydrogen (secondary N) is 1. The standard InChI is InChI=1S/C20H18IN3O2/c1-15-11-16(13-24(15)17-7-3-2-4-8-17)12-22-23-20(25)14-26-19-10-6-5-9-18(19)21/h2-13H,14H2,1H3,(H,23,25)/b22-12+. The van der Waals surface area contributed by atoms with E-state index in [9.17, 15) is 4.79 Å². The summed E-state index contributed by atoms with van der Waals surface area (Å²) in [6.07, 6.45) is 3.60. The fraction of sp³-hybridized carbons (Fsp3) is 0.100. The Morgan fingerprint density at radius 2 is 1.92 bits per heavy atom. The van der Waals surface area contributed by atoms with Gasteiger partial charge in [0, 0.05) is 23.1 Å². The third-order valence-electron chi connectivity index (χ3n) is 3.67. The molecule has 1 heterocycles. The zero-order valence-electron chi connectivity index (χ0n) is 14.2. The Bertz CT molecular complexity index is 920. The van der Waals surface area contributed by atoms with Crippen LogP contribution in [0.5, 0.6) is 5.75 Å². The average Bonchev–Trinajstić information content (AvgIpc) is 3.02. The number of aryl methyl sites for hydroxylation is 1. The SMILES string of the molecule is Cc1cc(/C=N/NC(=O)COc2ccccc2I)cn1-c1ccccc1. The molecule has 0 atom stereocenters. The Kier molecular flexibility index (Phi) is 6.06. The number of nitrogens with zero attached hydrogens (tertiary/aromatic N) is 2. The zero-order chi connectivity index (χ0) is 18.4. The van der Waals surface area contributed by atoms with Gasteiger partial charge in [0.05, 0.1) is 9.78 Å². The van der Waals surface area contributed by atoms with Crippen molar-refractivity contribution in [1.82, 2.24) is 9.99 Å². The second-order valence-electron chi connectivity index (χ2n) is 5.63. The summed E-state index contributed by atoms with van der Waals surface area (Å²) < 4.78 is 8.52. The van der Waals surface area contributed by atoms with E-state index in [1.165, 1.54) is 0 Å². The van der Waals surface area contributed by atoms with Crippen molar-refractivity contribution in [2.45, 2.75) is 6.92 Å². The highest BCUT2D eigenvalue weighted by molar-refractivity contribution is 14.1. The molecule has 0 bridgehead atoms. The van der Waals surface area contributed by atoms with Crippen molar-refractivity contribution in [2.75, 3.05) is 6.61 Å². The van der Waals surface area contributed by atoms with Crippen molar-refractivity contribution in [2.24, 2.45) is 5.10 Å². The molecule has 0 spiro atoms. The van der Waals surface area contributed by atoms with Crippen molar-refractivity contribution < 1.29 is 9.53 Å². The molecule has 0 radical (unpaired) electrons. The number of hydrazone groups is 1. The molecular weight excluding hydrogens is 441 g/mol. The number of para-hydroxylation sites is 2. The summed E-state index contributed by atoms with van der Waals surface area (Å²) in [6, 6.07) is 19.6. The minimum atomic E-state index is -0.305. The van der Waals surface area contributed by atoms with E-state index in [0.29, 0.717) is 5.75 Å². The molecule has 0 unspecified atom stereocenters. The van der Waals surface area contributed by atoms with Crippen molar-refractivity contribution >= 4 is 34.7 Å². The molecule has 5 nitrogen and oxygen atoms in total. The number of aromatic nitrogens is 1. The van der Waals surface area contributed by atoms with Crippen molar-refractivity contribution in [3.63, 3.8) is 0 Å². The molecule has 1 N–H and O–H groups in total. The van der Waals surface area contributed by atoms with Gasteiger partial charge in [-0.3, -0.25) is 4.79 Å². The van der Waals surface area contributed by atoms with Crippen LogP contribution in [0.25, 0.3) is 5.69 Å². The van der Waals surface area contributed by atoms with Gasteiger partial charge in [-0.05, 0) is 59.8 Å². The Morgan fingerprint density at radius 3 is 2.69 bits per heavy atom. The summed E-state index contributed by atoms with van der Waals surface area (Å²) in [7, 11) is 0. The van der Waals surface area contributed by atoms with E-state index in [1.54, 1.807) is 6.21 Å². The lowest BCUT2D eigenvalue weighted by molar-refractivity contribution is -0.123. The highest BCUT2D eigenvalue weighted by atomic mass is 127. The third-order valence-corrected chi connectivity index (χ3v) is 4.56. The second kappa shape index (κ2) is 8.66. The van der Waals surface area contributed by atoms with E-state index in [1.807, 2.05) is 73.8 Å². The molecule has 1 amide bonds. The molecule has 26 heavy (non-hydrogen) atoms. The normalized spacial score (nSPS) is 10.8. The molecule has 0 aliphatic heterocycles. The Balaban J connectivity index is 1.55. The minimum Gasteiger partial charge on any atom is -0.483 e. The molecule has 6 heteroatoms. The van der Waals surface area contributed by atoms with Crippen molar-refractivity contribution in [3.8, 4) is 11.4 Å². The molecule has 0 saturated carbocycles. The first-order valence-corrected chi connectivity index (χ1v) is 9.15. The van der Waals surface area contributed by atoms with Gasteiger partial charge in [0.15, 0.2) is 6.61 Å². The number of carbonyl (C=O) groups excluding carboxylic acids is 1. The highest BCUT2D eigenvalue weighted by Gasteiger charge is 2.05. The van der Waals surface area contributed by atoms with E-state index < -0.39 is 0 Å². The van der Waals surface area contributed by atoms with Crippen LogP contribution in [-0.2, 0) is 4.79 Å². The van der Waals surface area contributed by atoms with Crippen molar-refractivity contribution in [3.05, 3.63) is 81.7 Å². The van der Waals surface area contributed by atoms with Gasteiger partial charge in [-0.25, -0.2) is 5.43 Å². The maximum absolute atomic E-state index is 11.9. The summed E-state index contributed by atoms with van der Waals surface area (Å²) in [5.74, 6) is 0.378. The summed E-state index contributed by atoms with van der Waals surface area (Å²) in [5, 5.41) is 4.00. The number of hydrogen-bond acceptors (Lipinski definition) is 3. The maximum atomic E-state index is 11.9. The van der Waals surface area contributed by atoms with E-state index >= 15 is 0 Å². The Morgan fingerprint density at radius 1 is 1.19 bits per heavy atom. The molecule has 0 fully saturated rings. The van der Waals surface area contributed by atoms with Crippen LogP contribution in [0.4, 0.5) is 0 Å². The van der Waals surface area contributed by atoms with Crippen LogP contribution >= 0.6 is 22.6 Å². The monoisotopic (exact) mass is 459 g/mol. The van der Waals surface area contributed by atoms with Gasteiger partial charge in [0.2, 0.25) is 0 Å². The number of amides is 1. The van der Waals surface area contributed by atoms with Gasteiger partial charge < -0.3 is 9.30 Å². The molecule has 132 valence electrons. The van der Waals surface area contributed by atoms with Crippen LogP contribution in [0.15, 0.2) is 72.0 Å². The second-order valence-corrected chi connectivity index (χ2v) is 6.79. The van der Waals surface area contributed by atoms with Crippen LogP contribution in [0.2, 0.25) is 0 Å². The lowest BCUT2D eigenvalue weighted by atomic mass is 10.3. The van der Waals surface area contributed by atoms with E-state index in [4.69, 9.17) is 4.74 Å². The first kappa shape index (κ1) is 18.2. The first-order chi connectivity index (χ1) is 12.6. The first-order valence-electron chi connectivity index (χ1n) is 8.07.